The Bertz CT molecular complexity index is 504. The Morgan fingerprint density at radius 2 is 2.25 bits per heavy atom. The van der Waals surface area contributed by atoms with Crippen molar-refractivity contribution in [1.29, 1.82) is 0 Å². The van der Waals surface area contributed by atoms with E-state index in [4.69, 9.17) is 4.74 Å². The molecule has 3 atom stereocenters. The third-order valence-electron chi connectivity index (χ3n) is 3.89. The van der Waals surface area contributed by atoms with Crippen molar-refractivity contribution in [2.24, 2.45) is 0 Å². The van der Waals surface area contributed by atoms with Crippen LogP contribution in [-0.4, -0.2) is 35.8 Å². The zero-order valence-corrected chi connectivity index (χ0v) is 11.9. The van der Waals surface area contributed by atoms with E-state index in [-0.39, 0.29) is 17.8 Å². The molecule has 6 nitrogen and oxygen atoms in total. The number of likely N-dealkylation sites (N-methyl/N-ethyl adjacent to an activating group) is 1. The average molecular weight is 280 g/mol. The number of anilines is 1. The molecule has 0 aromatic heterocycles. The summed E-state index contributed by atoms with van der Waals surface area (Å²) in [5.41, 5.74) is 1.12. The van der Waals surface area contributed by atoms with E-state index in [0.717, 1.165) is 6.42 Å². The summed E-state index contributed by atoms with van der Waals surface area (Å²) in [5.74, 6) is 0. The molecule has 3 unspecified atom stereocenters. The fourth-order valence-corrected chi connectivity index (χ4v) is 2.65. The smallest absolute Gasteiger partial charge is 0.292 e. The first-order valence-electron chi connectivity index (χ1n) is 6.72. The predicted molar refractivity (Wildman–Crippen MR) is 76.0 cm³/mol. The maximum Gasteiger partial charge on any atom is 0.292 e. The van der Waals surface area contributed by atoms with Gasteiger partial charge in [-0.05, 0) is 31.9 Å². The van der Waals surface area contributed by atoms with Gasteiger partial charge in [0.05, 0.1) is 23.2 Å². The third kappa shape index (κ3) is 2.76. The highest BCUT2D eigenvalue weighted by Crippen LogP contribution is 2.34. The molecular weight excluding hydrogens is 260 g/mol. The van der Waals surface area contributed by atoms with Crippen molar-refractivity contribution in [3.8, 4) is 0 Å². The first-order valence-corrected chi connectivity index (χ1v) is 6.72. The molecule has 110 valence electrons. The van der Waals surface area contributed by atoms with Gasteiger partial charge in [0, 0.05) is 19.7 Å². The third-order valence-corrected chi connectivity index (χ3v) is 3.89. The lowest BCUT2D eigenvalue weighted by atomic mass is 10.1. The number of nitro benzene ring substituents is 1. The van der Waals surface area contributed by atoms with Crippen LogP contribution in [0.15, 0.2) is 18.2 Å². The standard InChI is InChI=1S/C14H20N2O4/c1-9(17)11-4-5-13(14(8-11)16(18)19)15(3)12-6-7-20-10(12)2/h4-5,8-10,12,17H,6-7H2,1-3H3. The van der Waals surface area contributed by atoms with Crippen LogP contribution in [0.25, 0.3) is 0 Å². The molecule has 1 aromatic rings. The second-order valence-corrected chi connectivity index (χ2v) is 5.22. The molecule has 0 bridgehead atoms. The van der Waals surface area contributed by atoms with Crippen molar-refractivity contribution >= 4 is 11.4 Å². The van der Waals surface area contributed by atoms with E-state index in [2.05, 4.69) is 0 Å². The fourth-order valence-electron chi connectivity index (χ4n) is 2.65. The van der Waals surface area contributed by atoms with E-state index in [1.54, 1.807) is 19.1 Å². The summed E-state index contributed by atoms with van der Waals surface area (Å²) in [6.45, 7) is 4.25. The zero-order chi connectivity index (χ0) is 14.9. The van der Waals surface area contributed by atoms with Gasteiger partial charge in [0.15, 0.2) is 0 Å². The van der Waals surface area contributed by atoms with Crippen LogP contribution >= 0.6 is 0 Å². The van der Waals surface area contributed by atoms with E-state index in [1.807, 2.05) is 18.9 Å². The molecule has 0 radical (unpaired) electrons. The SMILES string of the molecule is CC(O)c1ccc(N(C)C2CCOC2C)c([N+](=O)[O-])c1. The molecule has 1 aliphatic rings. The molecule has 0 spiro atoms. The summed E-state index contributed by atoms with van der Waals surface area (Å²) in [6.07, 6.45) is 0.185. The van der Waals surface area contributed by atoms with Gasteiger partial charge in [0.1, 0.15) is 5.69 Å². The van der Waals surface area contributed by atoms with Gasteiger partial charge in [-0.2, -0.15) is 0 Å². The summed E-state index contributed by atoms with van der Waals surface area (Å²) in [4.78, 5) is 12.8. The lowest BCUT2D eigenvalue weighted by Crippen LogP contribution is -2.37. The molecule has 1 heterocycles. The number of nitro groups is 1. The second kappa shape index (κ2) is 5.76. The molecule has 1 aliphatic heterocycles. The van der Waals surface area contributed by atoms with Gasteiger partial charge in [-0.15, -0.1) is 0 Å². The number of nitrogens with zero attached hydrogens (tertiary/aromatic N) is 2. The number of hydrogen-bond donors (Lipinski definition) is 1. The molecule has 0 amide bonds. The number of rotatable bonds is 4. The highest BCUT2D eigenvalue weighted by atomic mass is 16.6. The molecule has 1 fully saturated rings. The maximum absolute atomic E-state index is 11.3. The highest BCUT2D eigenvalue weighted by molar-refractivity contribution is 5.65. The van der Waals surface area contributed by atoms with E-state index in [0.29, 0.717) is 17.9 Å². The number of aliphatic hydroxyl groups excluding tert-OH is 1. The Morgan fingerprint density at radius 1 is 1.55 bits per heavy atom. The lowest BCUT2D eigenvalue weighted by molar-refractivity contribution is -0.384. The first-order chi connectivity index (χ1) is 9.41. The number of ether oxygens (including phenoxy) is 1. The monoisotopic (exact) mass is 280 g/mol. The van der Waals surface area contributed by atoms with Crippen LogP contribution in [0.4, 0.5) is 11.4 Å². The summed E-state index contributed by atoms with van der Waals surface area (Å²) in [5, 5.41) is 20.8. The largest absolute Gasteiger partial charge is 0.389 e. The Balaban J connectivity index is 2.37. The van der Waals surface area contributed by atoms with Crippen LogP contribution in [0.2, 0.25) is 0 Å². The van der Waals surface area contributed by atoms with Crippen LogP contribution in [-0.2, 0) is 4.74 Å². The van der Waals surface area contributed by atoms with E-state index in [9.17, 15) is 15.2 Å². The topological polar surface area (TPSA) is 75.8 Å². The Labute approximate surface area is 118 Å². The quantitative estimate of drug-likeness (QED) is 0.676. The summed E-state index contributed by atoms with van der Waals surface area (Å²) >= 11 is 0. The van der Waals surface area contributed by atoms with Crippen LogP contribution in [0.3, 0.4) is 0 Å². The maximum atomic E-state index is 11.3. The van der Waals surface area contributed by atoms with Crippen molar-refractivity contribution in [2.45, 2.75) is 38.5 Å². The van der Waals surface area contributed by atoms with Gasteiger partial charge in [-0.1, -0.05) is 6.07 Å². The summed E-state index contributed by atoms with van der Waals surface area (Å²) < 4.78 is 5.52. The van der Waals surface area contributed by atoms with Crippen molar-refractivity contribution < 1.29 is 14.8 Å². The molecule has 1 aromatic carbocycles. The first kappa shape index (κ1) is 14.7. The number of hydrogen-bond acceptors (Lipinski definition) is 5. The van der Waals surface area contributed by atoms with E-state index >= 15 is 0 Å². The van der Waals surface area contributed by atoms with E-state index in [1.165, 1.54) is 6.07 Å². The minimum atomic E-state index is -0.721. The Hall–Kier alpha value is -1.66. The molecule has 6 heteroatoms. The molecule has 0 saturated carbocycles. The molecule has 1 saturated heterocycles. The lowest BCUT2D eigenvalue weighted by Gasteiger charge is -2.28. The van der Waals surface area contributed by atoms with Crippen molar-refractivity contribution in [1.82, 2.24) is 0 Å². The predicted octanol–water partition coefficient (Wildman–Crippen LogP) is 2.26. The number of aliphatic hydroxyl groups is 1. The fraction of sp³-hybridized carbons (Fsp3) is 0.571. The van der Waals surface area contributed by atoms with Gasteiger partial charge >= 0.3 is 0 Å². The van der Waals surface area contributed by atoms with Crippen molar-refractivity contribution in [3.05, 3.63) is 33.9 Å². The molecule has 2 rings (SSSR count). The van der Waals surface area contributed by atoms with Crippen molar-refractivity contribution in [2.75, 3.05) is 18.6 Å². The molecule has 20 heavy (non-hydrogen) atoms. The highest BCUT2D eigenvalue weighted by Gasteiger charge is 2.31. The van der Waals surface area contributed by atoms with Crippen molar-refractivity contribution in [3.63, 3.8) is 0 Å². The van der Waals surface area contributed by atoms with Crippen LogP contribution in [0.1, 0.15) is 31.9 Å². The summed E-state index contributed by atoms with van der Waals surface area (Å²) in [6, 6.07) is 5.00. The Morgan fingerprint density at radius 3 is 2.75 bits per heavy atom. The van der Waals surface area contributed by atoms with E-state index < -0.39 is 11.0 Å². The number of benzene rings is 1. The molecule has 1 N–H and O–H groups in total. The van der Waals surface area contributed by atoms with Gasteiger partial charge < -0.3 is 14.7 Å². The van der Waals surface area contributed by atoms with Gasteiger partial charge in [0.25, 0.3) is 5.69 Å². The zero-order valence-electron chi connectivity index (χ0n) is 11.9. The van der Waals surface area contributed by atoms with Gasteiger partial charge in [0.2, 0.25) is 0 Å². The molecule has 0 aliphatic carbocycles. The second-order valence-electron chi connectivity index (χ2n) is 5.22. The molecular formula is C14H20N2O4. The van der Waals surface area contributed by atoms with Gasteiger partial charge in [-0.3, -0.25) is 10.1 Å². The minimum absolute atomic E-state index is 0.0185. The Kier molecular flexibility index (Phi) is 4.25. The van der Waals surface area contributed by atoms with Gasteiger partial charge in [-0.25, -0.2) is 0 Å². The normalized spacial score (nSPS) is 23.6. The van der Waals surface area contributed by atoms with Crippen LogP contribution in [0.5, 0.6) is 0 Å². The average Bonchev–Trinajstić information content (AvgIpc) is 2.83. The van der Waals surface area contributed by atoms with Crippen LogP contribution < -0.4 is 4.90 Å². The minimum Gasteiger partial charge on any atom is -0.389 e. The van der Waals surface area contributed by atoms with Crippen LogP contribution in [0, 0.1) is 10.1 Å². The summed E-state index contributed by atoms with van der Waals surface area (Å²) in [7, 11) is 1.85.